The molecule has 1 aromatic rings. The molecule has 0 aliphatic rings. The Morgan fingerprint density at radius 3 is 2.74 bits per heavy atom. The SMILES string of the molecule is Cc1cccc([N+](=O)[O-])c1C(=O)NCCCCCCl. The van der Waals surface area contributed by atoms with E-state index in [1.807, 2.05) is 0 Å². The van der Waals surface area contributed by atoms with E-state index in [4.69, 9.17) is 11.6 Å². The van der Waals surface area contributed by atoms with Crippen LogP contribution >= 0.6 is 11.6 Å². The maximum Gasteiger partial charge on any atom is 0.282 e. The Balaban J connectivity index is 2.68. The zero-order chi connectivity index (χ0) is 14.3. The van der Waals surface area contributed by atoms with E-state index < -0.39 is 10.8 Å². The summed E-state index contributed by atoms with van der Waals surface area (Å²) in [6.07, 6.45) is 2.65. The first kappa shape index (κ1) is 15.4. The molecule has 0 bridgehead atoms. The third-order valence-electron chi connectivity index (χ3n) is 2.77. The van der Waals surface area contributed by atoms with Gasteiger partial charge in [0.05, 0.1) is 4.92 Å². The van der Waals surface area contributed by atoms with Gasteiger partial charge in [-0.05, 0) is 25.3 Å². The maximum absolute atomic E-state index is 12.0. The highest BCUT2D eigenvalue weighted by atomic mass is 35.5. The molecular formula is C13H17ClN2O3. The number of carbonyl (C=O) groups excluding carboxylic acids is 1. The van der Waals surface area contributed by atoms with Gasteiger partial charge < -0.3 is 5.32 Å². The van der Waals surface area contributed by atoms with Crippen LogP contribution in [0.3, 0.4) is 0 Å². The molecule has 0 saturated carbocycles. The van der Waals surface area contributed by atoms with Crippen molar-refractivity contribution in [1.82, 2.24) is 5.32 Å². The van der Waals surface area contributed by atoms with Gasteiger partial charge in [0, 0.05) is 18.5 Å². The second-order valence-electron chi connectivity index (χ2n) is 4.23. The van der Waals surface area contributed by atoms with Gasteiger partial charge in [0.2, 0.25) is 0 Å². The number of amides is 1. The first-order valence-electron chi connectivity index (χ1n) is 6.16. The lowest BCUT2D eigenvalue weighted by molar-refractivity contribution is -0.385. The van der Waals surface area contributed by atoms with Crippen LogP contribution in [0.4, 0.5) is 5.69 Å². The Kier molecular flexibility index (Phi) is 6.29. The summed E-state index contributed by atoms with van der Waals surface area (Å²) in [4.78, 5) is 22.4. The lowest BCUT2D eigenvalue weighted by Crippen LogP contribution is -2.26. The largest absolute Gasteiger partial charge is 0.352 e. The number of carbonyl (C=O) groups is 1. The first-order valence-corrected chi connectivity index (χ1v) is 6.69. The Morgan fingerprint density at radius 2 is 2.11 bits per heavy atom. The van der Waals surface area contributed by atoms with Gasteiger partial charge in [0.25, 0.3) is 11.6 Å². The number of rotatable bonds is 7. The molecule has 0 aliphatic carbocycles. The summed E-state index contributed by atoms with van der Waals surface area (Å²) < 4.78 is 0. The molecule has 1 aromatic carbocycles. The average Bonchev–Trinajstić information content (AvgIpc) is 2.37. The van der Waals surface area contributed by atoms with E-state index in [1.165, 1.54) is 6.07 Å². The summed E-state index contributed by atoms with van der Waals surface area (Å²) in [6, 6.07) is 4.61. The zero-order valence-corrected chi connectivity index (χ0v) is 11.6. The number of unbranched alkanes of at least 4 members (excludes halogenated alkanes) is 2. The van der Waals surface area contributed by atoms with Gasteiger partial charge in [0.15, 0.2) is 0 Å². The van der Waals surface area contributed by atoms with Gasteiger partial charge in [-0.25, -0.2) is 0 Å². The van der Waals surface area contributed by atoms with Crippen LogP contribution in [0.15, 0.2) is 18.2 Å². The number of hydrogen-bond acceptors (Lipinski definition) is 3. The van der Waals surface area contributed by atoms with Crippen molar-refractivity contribution < 1.29 is 9.72 Å². The van der Waals surface area contributed by atoms with E-state index in [0.717, 1.165) is 19.3 Å². The fourth-order valence-corrected chi connectivity index (χ4v) is 1.98. The smallest absolute Gasteiger partial charge is 0.282 e. The number of nitro groups is 1. The van der Waals surface area contributed by atoms with Crippen LogP contribution < -0.4 is 5.32 Å². The minimum atomic E-state index is -0.532. The van der Waals surface area contributed by atoms with Crippen molar-refractivity contribution in [3.8, 4) is 0 Å². The number of benzene rings is 1. The molecule has 6 heteroatoms. The molecule has 0 spiro atoms. The molecule has 0 aromatic heterocycles. The predicted molar refractivity (Wildman–Crippen MR) is 74.7 cm³/mol. The van der Waals surface area contributed by atoms with Crippen LogP contribution in [0.5, 0.6) is 0 Å². The average molecular weight is 285 g/mol. The monoisotopic (exact) mass is 284 g/mol. The lowest BCUT2D eigenvalue weighted by Gasteiger charge is -2.08. The van der Waals surface area contributed by atoms with Crippen molar-refractivity contribution in [3.63, 3.8) is 0 Å². The first-order chi connectivity index (χ1) is 9.07. The van der Waals surface area contributed by atoms with Gasteiger partial charge in [-0.2, -0.15) is 0 Å². The topological polar surface area (TPSA) is 72.2 Å². The van der Waals surface area contributed by atoms with Crippen LogP contribution in [0.1, 0.15) is 35.2 Å². The molecule has 0 saturated heterocycles. The normalized spacial score (nSPS) is 10.2. The van der Waals surface area contributed by atoms with Crippen molar-refractivity contribution in [2.45, 2.75) is 26.2 Å². The van der Waals surface area contributed by atoms with Crippen molar-refractivity contribution in [3.05, 3.63) is 39.4 Å². The third kappa shape index (κ3) is 4.52. The molecule has 0 heterocycles. The molecule has 1 N–H and O–H groups in total. The summed E-state index contributed by atoms with van der Waals surface area (Å²) in [5, 5.41) is 13.6. The highest BCUT2D eigenvalue weighted by molar-refractivity contribution is 6.17. The fraction of sp³-hybridized carbons (Fsp3) is 0.462. The number of alkyl halides is 1. The van der Waals surface area contributed by atoms with E-state index in [1.54, 1.807) is 19.1 Å². The van der Waals surface area contributed by atoms with Gasteiger partial charge >= 0.3 is 0 Å². The third-order valence-corrected chi connectivity index (χ3v) is 3.04. The fourth-order valence-electron chi connectivity index (χ4n) is 1.79. The van der Waals surface area contributed by atoms with E-state index in [9.17, 15) is 14.9 Å². The number of aryl methyl sites for hydroxylation is 1. The summed E-state index contributed by atoms with van der Waals surface area (Å²) in [6.45, 7) is 2.19. The molecular weight excluding hydrogens is 268 g/mol. The van der Waals surface area contributed by atoms with Crippen LogP contribution in [-0.4, -0.2) is 23.3 Å². The number of hydrogen-bond donors (Lipinski definition) is 1. The summed E-state index contributed by atoms with van der Waals surface area (Å²) in [5.41, 5.74) is 0.593. The quantitative estimate of drug-likeness (QED) is 0.362. The van der Waals surface area contributed by atoms with Gasteiger partial charge in [0.1, 0.15) is 5.56 Å². The Bertz CT molecular complexity index is 463. The Morgan fingerprint density at radius 1 is 1.37 bits per heavy atom. The van der Waals surface area contributed by atoms with E-state index in [-0.39, 0.29) is 11.3 Å². The van der Waals surface area contributed by atoms with Crippen molar-refractivity contribution in [2.75, 3.05) is 12.4 Å². The summed E-state index contributed by atoms with van der Waals surface area (Å²) >= 11 is 5.55. The molecule has 5 nitrogen and oxygen atoms in total. The molecule has 1 amide bonds. The number of nitrogens with one attached hydrogen (secondary N) is 1. The molecule has 0 atom stereocenters. The molecule has 1 rings (SSSR count). The van der Waals surface area contributed by atoms with Crippen molar-refractivity contribution in [2.24, 2.45) is 0 Å². The Hall–Kier alpha value is -1.62. The highest BCUT2D eigenvalue weighted by Gasteiger charge is 2.21. The molecule has 0 unspecified atom stereocenters. The van der Waals surface area contributed by atoms with Gasteiger partial charge in [-0.1, -0.05) is 18.6 Å². The zero-order valence-electron chi connectivity index (χ0n) is 10.8. The van der Waals surface area contributed by atoms with Crippen LogP contribution in [0.2, 0.25) is 0 Å². The van der Waals surface area contributed by atoms with Crippen LogP contribution in [0, 0.1) is 17.0 Å². The van der Waals surface area contributed by atoms with Crippen molar-refractivity contribution in [1.29, 1.82) is 0 Å². The molecule has 0 radical (unpaired) electrons. The van der Waals surface area contributed by atoms with Gasteiger partial charge in [-0.3, -0.25) is 14.9 Å². The summed E-state index contributed by atoms with van der Waals surface area (Å²) in [5.74, 6) is 0.215. The van der Waals surface area contributed by atoms with E-state index >= 15 is 0 Å². The van der Waals surface area contributed by atoms with Crippen molar-refractivity contribution >= 4 is 23.2 Å². The molecule has 0 fully saturated rings. The Labute approximate surface area is 117 Å². The molecule has 104 valence electrons. The highest BCUT2D eigenvalue weighted by Crippen LogP contribution is 2.21. The number of halogens is 1. The number of nitro benzene ring substituents is 1. The molecule has 0 aliphatic heterocycles. The minimum Gasteiger partial charge on any atom is -0.352 e. The standard InChI is InChI=1S/C13H17ClN2O3/c1-10-6-5-7-11(16(18)19)12(10)13(17)15-9-4-2-3-8-14/h5-7H,2-4,8-9H2,1H3,(H,15,17). The van der Waals surface area contributed by atoms with E-state index in [2.05, 4.69) is 5.32 Å². The second-order valence-corrected chi connectivity index (χ2v) is 4.61. The number of nitrogens with zero attached hydrogens (tertiary/aromatic N) is 1. The van der Waals surface area contributed by atoms with Gasteiger partial charge in [-0.15, -0.1) is 11.6 Å². The second kappa shape index (κ2) is 7.74. The minimum absolute atomic E-state index is 0.143. The lowest BCUT2D eigenvalue weighted by atomic mass is 10.1. The predicted octanol–water partition coefficient (Wildman–Crippen LogP) is 3.04. The van der Waals surface area contributed by atoms with Crippen LogP contribution in [-0.2, 0) is 0 Å². The molecule has 19 heavy (non-hydrogen) atoms. The summed E-state index contributed by atoms with van der Waals surface area (Å²) in [7, 11) is 0. The van der Waals surface area contributed by atoms with E-state index in [0.29, 0.717) is 18.0 Å². The van der Waals surface area contributed by atoms with Crippen LogP contribution in [0.25, 0.3) is 0 Å². The maximum atomic E-state index is 12.0.